The van der Waals surface area contributed by atoms with Crippen LogP contribution in [0, 0.1) is 5.82 Å². The van der Waals surface area contributed by atoms with Crippen molar-refractivity contribution in [2.24, 2.45) is 7.05 Å². The molecule has 0 saturated heterocycles. The molecule has 4 nitrogen and oxygen atoms in total. The summed E-state index contributed by atoms with van der Waals surface area (Å²) >= 11 is 1.60. The first-order valence-corrected chi connectivity index (χ1v) is 7.60. The van der Waals surface area contributed by atoms with Crippen LogP contribution in [0.1, 0.15) is 19.3 Å². The number of benzene rings is 1. The summed E-state index contributed by atoms with van der Waals surface area (Å²) in [6.45, 7) is 0.242. The van der Waals surface area contributed by atoms with E-state index in [9.17, 15) is 4.39 Å². The van der Waals surface area contributed by atoms with Gasteiger partial charge in [0.2, 0.25) is 0 Å². The average Bonchev–Trinajstić information content (AvgIpc) is 2.81. The SMILES string of the molecule is Cn1c(SCCCCCO)nnc1-c1ccccc1F. The third-order valence-electron chi connectivity index (χ3n) is 2.98. The van der Waals surface area contributed by atoms with Crippen LogP contribution in [0.3, 0.4) is 0 Å². The average molecular weight is 295 g/mol. The second-order valence-electron chi connectivity index (χ2n) is 4.48. The molecule has 0 fully saturated rings. The van der Waals surface area contributed by atoms with Gasteiger partial charge in [-0.05, 0) is 25.0 Å². The van der Waals surface area contributed by atoms with E-state index in [2.05, 4.69) is 10.2 Å². The van der Waals surface area contributed by atoms with Crippen LogP contribution in [-0.4, -0.2) is 32.2 Å². The number of aliphatic hydroxyl groups excluding tert-OH is 1. The van der Waals surface area contributed by atoms with Gasteiger partial charge in [0.15, 0.2) is 11.0 Å². The van der Waals surface area contributed by atoms with Gasteiger partial charge in [0, 0.05) is 19.4 Å². The summed E-state index contributed by atoms with van der Waals surface area (Å²) in [4.78, 5) is 0. The van der Waals surface area contributed by atoms with Crippen molar-refractivity contribution in [1.82, 2.24) is 14.8 Å². The van der Waals surface area contributed by atoms with E-state index in [-0.39, 0.29) is 12.4 Å². The molecule has 0 bridgehead atoms. The molecule has 0 radical (unpaired) electrons. The van der Waals surface area contributed by atoms with Gasteiger partial charge in [-0.3, -0.25) is 0 Å². The van der Waals surface area contributed by atoms with Gasteiger partial charge in [0.05, 0.1) is 5.56 Å². The van der Waals surface area contributed by atoms with Gasteiger partial charge in [0.1, 0.15) is 5.82 Å². The number of nitrogens with zero attached hydrogens (tertiary/aromatic N) is 3. The van der Waals surface area contributed by atoms with E-state index in [1.165, 1.54) is 6.07 Å². The molecule has 1 aromatic carbocycles. The fourth-order valence-electron chi connectivity index (χ4n) is 1.87. The maximum Gasteiger partial charge on any atom is 0.191 e. The van der Waals surface area contributed by atoms with Crippen LogP contribution < -0.4 is 0 Å². The highest BCUT2D eigenvalue weighted by Crippen LogP contribution is 2.25. The van der Waals surface area contributed by atoms with E-state index < -0.39 is 0 Å². The quantitative estimate of drug-likeness (QED) is 0.630. The highest BCUT2D eigenvalue weighted by Gasteiger charge is 2.13. The van der Waals surface area contributed by atoms with Crippen molar-refractivity contribution < 1.29 is 9.50 Å². The molecular formula is C14H18FN3OS. The topological polar surface area (TPSA) is 50.9 Å². The molecule has 2 rings (SSSR count). The van der Waals surface area contributed by atoms with Crippen molar-refractivity contribution in [3.63, 3.8) is 0 Å². The predicted octanol–water partition coefficient (Wildman–Crippen LogP) is 2.88. The molecule has 2 aromatic rings. The van der Waals surface area contributed by atoms with Gasteiger partial charge in [-0.2, -0.15) is 0 Å². The molecule has 0 spiro atoms. The second kappa shape index (κ2) is 7.40. The van der Waals surface area contributed by atoms with Gasteiger partial charge >= 0.3 is 0 Å². The molecule has 108 valence electrons. The Kier molecular flexibility index (Phi) is 5.55. The lowest BCUT2D eigenvalue weighted by Gasteiger charge is -2.04. The molecule has 20 heavy (non-hydrogen) atoms. The van der Waals surface area contributed by atoms with Crippen LogP contribution in [0.2, 0.25) is 0 Å². The molecule has 0 aliphatic rings. The molecule has 1 heterocycles. The monoisotopic (exact) mass is 295 g/mol. The molecule has 0 atom stereocenters. The number of aromatic nitrogens is 3. The minimum absolute atomic E-state index is 0.242. The standard InChI is InChI=1S/C14H18FN3OS/c1-18-13(11-7-3-4-8-12(11)15)16-17-14(18)20-10-6-2-5-9-19/h3-4,7-8,19H,2,5-6,9-10H2,1H3. The van der Waals surface area contributed by atoms with E-state index in [1.54, 1.807) is 30.0 Å². The highest BCUT2D eigenvalue weighted by molar-refractivity contribution is 7.99. The van der Waals surface area contributed by atoms with Crippen LogP contribution in [0.5, 0.6) is 0 Å². The Labute approximate surface area is 122 Å². The molecule has 0 amide bonds. The van der Waals surface area contributed by atoms with Crippen molar-refractivity contribution in [2.75, 3.05) is 12.4 Å². The largest absolute Gasteiger partial charge is 0.396 e. The number of halogens is 1. The summed E-state index contributed by atoms with van der Waals surface area (Å²) in [6.07, 6.45) is 2.86. The number of unbranched alkanes of at least 4 members (excludes halogenated alkanes) is 2. The fourth-order valence-corrected chi connectivity index (χ4v) is 2.78. The van der Waals surface area contributed by atoms with Crippen LogP contribution >= 0.6 is 11.8 Å². The van der Waals surface area contributed by atoms with Crippen LogP contribution in [0.25, 0.3) is 11.4 Å². The Bertz CT molecular complexity index is 559. The molecule has 0 aliphatic heterocycles. The lowest BCUT2D eigenvalue weighted by molar-refractivity contribution is 0.284. The Morgan fingerprint density at radius 1 is 1.20 bits per heavy atom. The maximum atomic E-state index is 13.7. The Hall–Kier alpha value is -1.40. The molecule has 1 aromatic heterocycles. The van der Waals surface area contributed by atoms with E-state index in [4.69, 9.17) is 5.11 Å². The first kappa shape index (κ1) is 15.0. The van der Waals surface area contributed by atoms with Gasteiger partial charge in [-0.15, -0.1) is 10.2 Å². The summed E-state index contributed by atoms with van der Waals surface area (Å²) < 4.78 is 15.6. The Balaban J connectivity index is 2.02. The second-order valence-corrected chi connectivity index (χ2v) is 5.54. The molecule has 0 unspecified atom stereocenters. The fraction of sp³-hybridized carbons (Fsp3) is 0.429. The predicted molar refractivity (Wildman–Crippen MR) is 78.1 cm³/mol. The number of thioether (sulfide) groups is 1. The van der Waals surface area contributed by atoms with Crippen LogP contribution in [0.15, 0.2) is 29.4 Å². The zero-order valence-electron chi connectivity index (χ0n) is 11.4. The van der Waals surface area contributed by atoms with Crippen LogP contribution in [-0.2, 0) is 7.05 Å². The number of hydrogen-bond acceptors (Lipinski definition) is 4. The zero-order chi connectivity index (χ0) is 14.4. The van der Waals surface area contributed by atoms with Crippen molar-refractivity contribution in [2.45, 2.75) is 24.4 Å². The van der Waals surface area contributed by atoms with Crippen LogP contribution in [0.4, 0.5) is 4.39 Å². The minimum Gasteiger partial charge on any atom is -0.396 e. The van der Waals surface area contributed by atoms with Gasteiger partial charge in [-0.1, -0.05) is 30.3 Å². The Morgan fingerprint density at radius 3 is 2.75 bits per heavy atom. The lowest BCUT2D eigenvalue weighted by atomic mass is 10.2. The van der Waals surface area contributed by atoms with E-state index in [0.29, 0.717) is 11.4 Å². The zero-order valence-corrected chi connectivity index (χ0v) is 12.2. The van der Waals surface area contributed by atoms with Gasteiger partial charge in [-0.25, -0.2) is 4.39 Å². The normalized spacial score (nSPS) is 10.9. The summed E-state index contributed by atoms with van der Waals surface area (Å²) in [5, 5.41) is 17.7. The number of hydrogen-bond donors (Lipinski definition) is 1. The molecule has 0 aliphatic carbocycles. The van der Waals surface area contributed by atoms with Crippen molar-refractivity contribution in [3.8, 4) is 11.4 Å². The highest BCUT2D eigenvalue weighted by atomic mass is 32.2. The third-order valence-corrected chi connectivity index (χ3v) is 4.09. The number of aliphatic hydroxyl groups is 1. The van der Waals surface area contributed by atoms with Crippen molar-refractivity contribution in [3.05, 3.63) is 30.1 Å². The first-order valence-electron chi connectivity index (χ1n) is 6.62. The number of rotatable bonds is 7. The smallest absolute Gasteiger partial charge is 0.191 e. The van der Waals surface area contributed by atoms with Crippen molar-refractivity contribution in [1.29, 1.82) is 0 Å². The summed E-state index contributed by atoms with van der Waals surface area (Å²) in [5.74, 6) is 1.17. The van der Waals surface area contributed by atoms with Gasteiger partial charge < -0.3 is 9.67 Å². The van der Waals surface area contributed by atoms with E-state index in [0.717, 1.165) is 30.2 Å². The molecule has 6 heteroatoms. The van der Waals surface area contributed by atoms with Crippen molar-refractivity contribution >= 4 is 11.8 Å². The summed E-state index contributed by atoms with van der Waals surface area (Å²) in [5.41, 5.74) is 0.467. The Morgan fingerprint density at radius 2 is 2.00 bits per heavy atom. The van der Waals surface area contributed by atoms with E-state index in [1.807, 2.05) is 11.6 Å². The lowest BCUT2D eigenvalue weighted by Crippen LogP contribution is -1.97. The summed E-state index contributed by atoms with van der Waals surface area (Å²) in [7, 11) is 1.85. The molecule has 1 N–H and O–H groups in total. The first-order chi connectivity index (χ1) is 9.74. The third kappa shape index (κ3) is 3.58. The molecule has 0 saturated carbocycles. The summed E-state index contributed by atoms with van der Waals surface area (Å²) in [6, 6.07) is 6.57. The molecular weight excluding hydrogens is 277 g/mol. The van der Waals surface area contributed by atoms with E-state index >= 15 is 0 Å². The maximum absolute atomic E-state index is 13.7. The van der Waals surface area contributed by atoms with Gasteiger partial charge in [0.25, 0.3) is 0 Å². The minimum atomic E-state index is -0.289.